The molecule has 0 aliphatic carbocycles. The third-order valence-electron chi connectivity index (χ3n) is 3.26. The van der Waals surface area contributed by atoms with E-state index < -0.39 is 0 Å². The van der Waals surface area contributed by atoms with E-state index in [9.17, 15) is 4.39 Å². The van der Waals surface area contributed by atoms with E-state index in [1.165, 1.54) is 6.07 Å². The van der Waals surface area contributed by atoms with Crippen molar-refractivity contribution in [3.8, 4) is 5.75 Å². The molecule has 0 radical (unpaired) electrons. The maximum absolute atomic E-state index is 14.0. The lowest BCUT2D eigenvalue weighted by atomic mass is 10.1. The van der Waals surface area contributed by atoms with Gasteiger partial charge in [-0.25, -0.2) is 9.37 Å². The highest BCUT2D eigenvalue weighted by Crippen LogP contribution is 2.30. The molecule has 0 atom stereocenters. The zero-order valence-corrected chi connectivity index (χ0v) is 12.3. The molecule has 3 nitrogen and oxygen atoms in total. The molecule has 1 N–H and O–H groups in total. The molecule has 1 aromatic carbocycles. The second-order valence-electron chi connectivity index (χ2n) is 4.82. The molecule has 2 rings (SSSR count). The van der Waals surface area contributed by atoms with E-state index in [0.717, 1.165) is 42.6 Å². The van der Waals surface area contributed by atoms with Gasteiger partial charge >= 0.3 is 0 Å². The van der Waals surface area contributed by atoms with Crippen LogP contribution >= 0.6 is 0 Å². The van der Waals surface area contributed by atoms with Gasteiger partial charge in [-0.2, -0.15) is 0 Å². The van der Waals surface area contributed by atoms with Crippen molar-refractivity contribution in [2.45, 2.75) is 33.1 Å². The van der Waals surface area contributed by atoms with Gasteiger partial charge in [0.25, 0.3) is 0 Å². The summed E-state index contributed by atoms with van der Waals surface area (Å²) in [5.74, 6) is 1.13. The standard InChI is InChI=1S/C16H21FN2O/c1-4-6-11-10-12-14(20-3)8-7-13(17)15(12)19-16(11)18-9-5-2/h7-8,10H,4-6,9H2,1-3H3,(H,18,19). The van der Waals surface area contributed by atoms with E-state index >= 15 is 0 Å². The van der Waals surface area contributed by atoms with Crippen LogP contribution in [0.25, 0.3) is 10.9 Å². The van der Waals surface area contributed by atoms with Gasteiger partial charge in [-0.3, -0.25) is 0 Å². The van der Waals surface area contributed by atoms with Gasteiger partial charge in [-0.05, 0) is 36.6 Å². The summed E-state index contributed by atoms with van der Waals surface area (Å²) in [6.45, 7) is 5.05. The molecular weight excluding hydrogens is 255 g/mol. The summed E-state index contributed by atoms with van der Waals surface area (Å²) in [5.41, 5.74) is 1.47. The summed E-state index contributed by atoms with van der Waals surface area (Å²) < 4.78 is 19.3. The van der Waals surface area contributed by atoms with Crippen molar-refractivity contribution in [2.24, 2.45) is 0 Å². The average molecular weight is 276 g/mol. The zero-order chi connectivity index (χ0) is 14.5. The minimum absolute atomic E-state index is 0.316. The third kappa shape index (κ3) is 2.84. The molecule has 108 valence electrons. The first kappa shape index (κ1) is 14.6. The molecule has 4 heteroatoms. The van der Waals surface area contributed by atoms with Gasteiger partial charge in [-0.15, -0.1) is 0 Å². The van der Waals surface area contributed by atoms with E-state index in [0.29, 0.717) is 11.3 Å². The average Bonchev–Trinajstić information content (AvgIpc) is 2.46. The number of rotatable bonds is 6. The number of methoxy groups -OCH3 is 1. The number of pyridine rings is 1. The summed E-state index contributed by atoms with van der Waals surface area (Å²) >= 11 is 0. The maximum atomic E-state index is 14.0. The first-order valence-electron chi connectivity index (χ1n) is 7.11. The Hall–Kier alpha value is -1.84. The fraction of sp³-hybridized carbons (Fsp3) is 0.438. The normalized spacial score (nSPS) is 10.8. The molecule has 0 spiro atoms. The summed E-state index contributed by atoms with van der Waals surface area (Å²) in [6.07, 6.45) is 2.94. The van der Waals surface area contributed by atoms with E-state index in [2.05, 4.69) is 24.1 Å². The number of benzene rings is 1. The third-order valence-corrected chi connectivity index (χ3v) is 3.26. The molecular formula is C16H21FN2O. The number of ether oxygens (including phenoxy) is 1. The quantitative estimate of drug-likeness (QED) is 0.860. The smallest absolute Gasteiger partial charge is 0.149 e. The number of aromatic nitrogens is 1. The van der Waals surface area contributed by atoms with Crippen LogP contribution in [0.3, 0.4) is 0 Å². The molecule has 0 aliphatic rings. The van der Waals surface area contributed by atoms with Crippen LogP contribution in [0.4, 0.5) is 10.2 Å². The fourth-order valence-electron chi connectivity index (χ4n) is 2.28. The molecule has 0 saturated carbocycles. The van der Waals surface area contributed by atoms with Crippen LogP contribution in [0.5, 0.6) is 5.75 Å². The molecule has 0 amide bonds. The Morgan fingerprint density at radius 3 is 2.70 bits per heavy atom. The van der Waals surface area contributed by atoms with Crippen molar-refractivity contribution in [1.82, 2.24) is 4.98 Å². The molecule has 1 aromatic heterocycles. The van der Waals surface area contributed by atoms with Gasteiger partial charge < -0.3 is 10.1 Å². The SMILES string of the molecule is CCCNc1nc2c(F)ccc(OC)c2cc1CCC. The number of fused-ring (bicyclic) bond motifs is 1. The predicted molar refractivity (Wildman–Crippen MR) is 81.0 cm³/mol. The molecule has 0 saturated heterocycles. The number of halogens is 1. The Morgan fingerprint density at radius 2 is 2.05 bits per heavy atom. The topological polar surface area (TPSA) is 34.2 Å². The lowest BCUT2D eigenvalue weighted by molar-refractivity contribution is 0.419. The molecule has 2 aromatic rings. The number of hydrogen-bond donors (Lipinski definition) is 1. The van der Waals surface area contributed by atoms with Gasteiger partial charge in [0.2, 0.25) is 0 Å². The van der Waals surface area contributed by atoms with E-state index in [4.69, 9.17) is 4.74 Å². The van der Waals surface area contributed by atoms with Gasteiger partial charge in [0.15, 0.2) is 0 Å². The summed E-state index contributed by atoms with van der Waals surface area (Å²) in [4.78, 5) is 4.47. The lowest BCUT2D eigenvalue weighted by Gasteiger charge is -2.13. The molecule has 0 bridgehead atoms. The highest BCUT2D eigenvalue weighted by Gasteiger charge is 2.12. The molecule has 0 unspecified atom stereocenters. The van der Waals surface area contributed by atoms with Crippen molar-refractivity contribution < 1.29 is 9.13 Å². The molecule has 0 aliphatic heterocycles. The highest BCUT2D eigenvalue weighted by molar-refractivity contribution is 5.88. The first-order chi connectivity index (χ1) is 9.71. The second kappa shape index (κ2) is 6.55. The summed E-state index contributed by atoms with van der Waals surface area (Å²) in [6, 6.07) is 5.04. The number of nitrogens with one attached hydrogen (secondary N) is 1. The Morgan fingerprint density at radius 1 is 1.25 bits per heavy atom. The van der Waals surface area contributed by atoms with Crippen LogP contribution in [0, 0.1) is 5.82 Å². The van der Waals surface area contributed by atoms with Crippen LogP contribution in [0.2, 0.25) is 0 Å². The number of hydrogen-bond acceptors (Lipinski definition) is 3. The molecule has 1 heterocycles. The molecule has 20 heavy (non-hydrogen) atoms. The van der Waals surface area contributed by atoms with Crippen LogP contribution in [0.1, 0.15) is 32.3 Å². The van der Waals surface area contributed by atoms with Gasteiger partial charge in [-0.1, -0.05) is 20.3 Å². The maximum Gasteiger partial charge on any atom is 0.149 e. The largest absolute Gasteiger partial charge is 0.496 e. The minimum atomic E-state index is -0.316. The number of aryl methyl sites for hydroxylation is 1. The Bertz CT molecular complexity index is 599. The Kier molecular flexibility index (Phi) is 4.77. The van der Waals surface area contributed by atoms with Crippen LogP contribution in [-0.4, -0.2) is 18.6 Å². The molecule has 0 fully saturated rings. The number of nitrogens with zero attached hydrogens (tertiary/aromatic N) is 1. The zero-order valence-electron chi connectivity index (χ0n) is 12.3. The second-order valence-corrected chi connectivity index (χ2v) is 4.82. The van der Waals surface area contributed by atoms with Crippen LogP contribution in [-0.2, 0) is 6.42 Å². The van der Waals surface area contributed by atoms with Gasteiger partial charge in [0.1, 0.15) is 22.9 Å². The van der Waals surface area contributed by atoms with Gasteiger partial charge in [0, 0.05) is 11.9 Å². The summed E-state index contributed by atoms with van der Waals surface area (Å²) in [7, 11) is 1.59. The minimum Gasteiger partial charge on any atom is -0.496 e. The van der Waals surface area contributed by atoms with Crippen molar-refractivity contribution in [3.63, 3.8) is 0 Å². The first-order valence-corrected chi connectivity index (χ1v) is 7.11. The monoisotopic (exact) mass is 276 g/mol. The van der Waals surface area contributed by atoms with E-state index in [1.54, 1.807) is 13.2 Å². The Balaban J connectivity index is 2.60. The van der Waals surface area contributed by atoms with Crippen molar-refractivity contribution >= 4 is 16.7 Å². The van der Waals surface area contributed by atoms with Crippen molar-refractivity contribution in [1.29, 1.82) is 0 Å². The predicted octanol–water partition coefficient (Wildman–Crippen LogP) is 4.16. The fourth-order valence-corrected chi connectivity index (χ4v) is 2.28. The lowest BCUT2D eigenvalue weighted by Crippen LogP contribution is -2.06. The highest BCUT2D eigenvalue weighted by atomic mass is 19.1. The Labute approximate surface area is 119 Å². The van der Waals surface area contributed by atoms with Crippen molar-refractivity contribution in [3.05, 3.63) is 29.6 Å². The van der Waals surface area contributed by atoms with E-state index in [-0.39, 0.29) is 5.82 Å². The summed E-state index contributed by atoms with van der Waals surface area (Å²) in [5, 5.41) is 4.02. The van der Waals surface area contributed by atoms with Gasteiger partial charge in [0.05, 0.1) is 7.11 Å². The van der Waals surface area contributed by atoms with Crippen LogP contribution < -0.4 is 10.1 Å². The van der Waals surface area contributed by atoms with Crippen LogP contribution in [0.15, 0.2) is 18.2 Å². The van der Waals surface area contributed by atoms with Crippen molar-refractivity contribution in [2.75, 3.05) is 19.0 Å². The van der Waals surface area contributed by atoms with E-state index in [1.807, 2.05) is 6.07 Å². The number of anilines is 1.